The number of carbonyl (C=O) groups excluding carboxylic acids is 1. The molecule has 4 rings (SSSR count). The first kappa shape index (κ1) is 21.2. The quantitative estimate of drug-likeness (QED) is 0.504. The number of rotatable bonds is 6. The van der Waals surface area contributed by atoms with Crippen LogP contribution in [0, 0.1) is 11.2 Å². The van der Waals surface area contributed by atoms with E-state index in [9.17, 15) is 14.0 Å². The molecule has 7 heteroatoms. The summed E-state index contributed by atoms with van der Waals surface area (Å²) < 4.78 is 14.5. The standard InChI is InChI=1S/C24H22ClFN2O3/c25-18-6-3-5-15(13-8-9-13)21(18)23(29)28-20-7-2-1-4-17(20)22(27)16-11-10-14(24(30)31)12-19(16)26/h3,5-6,10-13,27H,1-2,4,7-9H2,(H,28,29)(H,30,31). The van der Waals surface area contributed by atoms with Gasteiger partial charge in [-0.1, -0.05) is 23.7 Å². The molecular weight excluding hydrogens is 419 g/mol. The Kier molecular flexibility index (Phi) is 5.92. The van der Waals surface area contributed by atoms with Crippen molar-refractivity contribution in [2.45, 2.75) is 44.4 Å². The SMILES string of the molecule is N=C(C1=C(NC(=O)c2c(Cl)cccc2C2CC2)CCCC1)c1ccc(C(=O)O)cc1F. The molecular formula is C24H22ClFN2O3. The average molecular weight is 441 g/mol. The lowest BCUT2D eigenvalue weighted by Crippen LogP contribution is -2.28. The van der Waals surface area contributed by atoms with Crippen LogP contribution in [0.2, 0.25) is 5.02 Å². The van der Waals surface area contributed by atoms with Crippen molar-refractivity contribution in [3.63, 3.8) is 0 Å². The van der Waals surface area contributed by atoms with Crippen molar-refractivity contribution in [3.8, 4) is 0 Å². The molecule has 2 aromatic carbocycles. The largest absolute Gasteiger partial charge is 0.478 e. The third-order valence-electron chi connectivity index (χ3n) is 5.81. The second-order valence-electron chi connectivity index (χ2n) is 7.97. The molecule has 5 nitrogen and oxygen atoms in total. The fraction of sp³-hybridized carbons (Fsp3) is 0.292. The van der Waals surface area contributed by atoms with E-state index in [0.717, 1.165) is 37.3 Å². The number of carboxylic acid groups (broad SMARTS) is 1. The molecule has 31 heavy (non-hydrogen) atoms. The molecule has 0 spiro atoms. The Morgan fingerprint density at radius 3 is 2.55 bits per heavy atom. The average Bonchev–Trinajstić information content (AvgIpc) is 3.58. The third kappa shape index (κ3) is 4.39. The van der Waals surface area contributed by atoms with Gasteiger partial charge in [-0.05, 0) is 79.8 Å². The van der Waals surface area contributed by atoms with Gasteiger partial charge in [0.2, 0.25) is 0 Å². The molecule has 1 fully saturated rings. The number of nitrogens with one attached hydrogen (secondary N) is 2. The van der Waals surface area contributed by atoms with Gasteiger partial charge in [0.25, 0.3) is 5.91 Å². The van der Waals surface area contributed by atoms with Crippen LogP contribution in [0.5, 0.6) is 0 Å². The summed E-state index contributed by atoms with van der Waals surface area (Å²) in [5.41, 5.74) is 2.38. The molecule has 3 N–H and O–H groups in total. The van der Waals surface area contributed by atoms with E-state index in [-0.39, 0.29) is 22.7 Å². The van der Waals surface area contributed by atoms with E-state index in [1.807, 2.05) is 12.1 Å². The Morgan fingerprint density at radius 1 is 1.13 bits per heavy atom. The lowest BCUT2D eigenvalue weighted by molar-refractivity contribution is 0.0696. The molecule has 0 radical (unpaired) electrons. The second kappa shape index (κ2) is 8.63. The van der Waals surface area contributed by atoms with Crippen molar-refractivity contribution in [2.24, 2.45) is 0 Å². The lowest BCUT2D eigenvalue weighted by atomic mass is 9.89. The third-order valence-corrected chi connectivity index (χ3v) is 6.12. The first-order valence-electron chi connectivity index (χ1n) is 10.3. The maximum atomic E-state index is 14.5. The predicted molar refractivity (Wildman–Crippen MR) is 117 cm³/mol. The van der Waals surface area contributed by atoms with Gasteiger partial charge in [-0.2, -0.15) is 0 Å². The molecule has 0 bridgehead atoms. The van der Waals surface area contributed by atoms with Crippen LogP contribution in [0.3, 0.4) is 0 Å². The zero-order valence-electron chi connectivity index (χ0n) is 16.8. The molecule has 160 valence electrons. The van der Waals surface area contributed by atoms with E-state index >= 15 is 0 Å². The minimum absolute atomic E-state index is 0.0186. The van der Waals surface area contributed by atoms with Crippen molar-refractivity contribution in [2.75, 3.05) is 0 Å². The first-order chi connectivity index (χ1) is 14.9. The maximum absolute atomic E-state index is 14.5. The van der Waals surface area contributed by atoms with E-state index in [4.69, 9.17) is 22.1 Å². The highest BCUT2D eigenvalue weighted by atomic mass is 35.5. The lowest BCUT2D eigenvalue weighted by Gasteiger charge is -2.23. The Balaban J connectivity index is 1.65. The molecule has 2 aromatic rings. The molecule has 0 heterocycles. The summed E-state index contributed by atoms with van der Waals surface area (Å²) in [6, 6.07) is 8.97. The van der Waals surface area contributed by atoms with Crippen LogP contribution < -0.4 is 5.32 Å². The van der Waals surface area contributed by atoms with Gasteiger partial charge in [-0.3, -0.25) is 10.2 Å². The van der Waals surface area contributed by atoms with E-state index in [1.54, 1.807) is 6.07 Å². The monoisotopic (exact) mass is 440 g/mol. The molecule has 0 aromatic heterocycles. The highest BCUT2D eigenvalue weighted by Gasteiger charge is 2.30. The van der Waals surface area contributed by atoms with Crippen LogP contribution >= 0.6 is 11.6 Å². The fourth-order valence-electron chi connectivity index (χ4n) is 4.05. The number of hydrogen-bond acceptors (Lipinski definition) is 3. The van der Waals surface area contributed by atoms with Crippen molar-refractivity contribution in [3.05, 3.63) is 80.8 Å². The summed E-state index contributed by atoms with van der Waals surface area (Å²) in [4.78, 5) is 24.2. The van der Waals surface area contributed by atoms with Crippen molar-refractivity contribution in [1.29, 1.82) is 5.41 Å². The minimum Gasteiger partial charge on any atom is -0.478 e. The number of carbonyl (C=O) groups is 2. The first-order valence-corrected chi connectivity index (χ1v) is 10.7. The molecule has 1 saturated carbocycles. The second-order valence-corrected chi connectivity index (χ2v) is 8.38. The van der Waals surface area contributed by atoms with E-state index in [2.05, 4.69) is 5.32 Å². The van der Waals surface area contributed by atoms with Gasteiger partial charge in [0.1, 0.15) is 5.82 Å². The summed E-state index contributed by atoms with van der Waals surface area (Å²) in [5, 5.41) is 20.9. The molecule has 0 unspecified atom stereocenters. The van der Waals surface area contributed by atoms with Gasteiger partial charge in [0.05, 0.1) is 21.9 Å². The highest BCUT2D eigenvalue weighted by Crippen LogP contribution is 2.43. The summed E-state index contributed by atoms with van der Waals surface area (Å²) >= 11 is 6.35. The normalized spacial score (nSPS) is 16.2. The number of carboxylic acids is 1. The van der Waals surface area contributed by atoms with Crippen molar-refractivity contribution >= 4 is 29.2 Å². The van der Waals surface area contributed by atoms with Gasteiger partial charge in [0.15, 0.2) is 0 Å². The fourth-order valence-corrected chi connectivity index (χ4v) is 4.31. The maximum Gasteiger partial charge on any atom is 0.335 e. The smallest absolute Gasteiger partial charge is 0.335 e. The zero-order chi connectivity index (χ0) is 22.1. The van der Waals surface area contributed by atoms with Gasteiger partial charge in [-0.15, -0.1) is 0 Å². The van der Waals surface area contributed by atoms with Gasteiger partial charge < -0.3 is 10.4 Å². The summed E-state index contributed by atoms with van der Waals surface area (Å²) in [7, 11) is 0. The van der Waals surface area contributed by atoms with Crippen LogP contribution in [0.25, 0.3) is 0 Å². The number of hydrogen-bond donors (Lipinski definition) is 3. The Labute approximate surface area is 184 Å². The van der Waals surface area contributed by atoms with Crippen LogP contribution in [0.4, 0.5) is 4.39 Å². The van der Waals surface area contributed by atoms with Crippen LogP contribution in [-0.2, 0) is 0 Å². The number of aromatic carboxylic acids is 1. The predicted octanol–water partition coefficient (Wildman–Crippen LogP) is 5.68. The van der Waals surface area contributed by atoms with Gasteiger partial charge in [0, 0.05) is 11.3 Å². The number of benzene rings is 2. The molecule has 0 saturated heterocycles. The number of halogens is 2. The summed E-state index contributed by atoms with van der Waals surface area (Å²) in [6.07, 6.45) is 4.85. The molecule has 2 aliphatic carbocycles. The Bertz CT molecular complexity index is 1120. The van der Waals surface area contributed by atoms with Gasteiger partial charge >= 0.3 is 5.97 Å². The van der Waals surface area contributed by atoms with E-state index in [1.165, 1.54) is 12.1 Å². The number of allylic oxidation sites excluding steroid dienone is 2. The van der Waals surface area contributed by atoms with Crippen LogP contribution in [-0.4, -0.2) is 22.7 Å². The Morgan fingerprint density at radius 2 is 1.87 bits per heavy atom. The van der Waals surface area contributed by atoms with E-state index in [0.29, 0.717) is 40.6 Å². The van der Waals surface area contributed by atoms with Crippen LogP contribution in [0.15, 0.2) is 47.7 Å². The van der Waals surface area contributed by atoms with Crippen molar-refractivity contribution < 1.29 is 19.1 Å². The molecule has 0 atom stereocenters. The topological polar surface area (TPSA) is 90.3 Å². The minimum atomic E-state index is -1.23. The number of amides is 1. The molecule has 0 aliphatic heterocycles. The van der Waals surface area contributed by atoms with Crippen molar-refractivity contribution in [1.82, 2.24) is 5.32 Å². The van der Waals surface area contributed by atoms with E-state index < -0.39 is 11.8 Å². The molecule has 2 aliphatic rings. The zero-order valence-corrected chi connectivity index (χ0v) is 17.6. The summed E-state index contributed by atoms with van der Waals surface area (Å²) in [6.45, 7) is 0. The van der Waals surface area contributed by atoms with Crippen LogP contribution in [0.1, 0.15) is 76.3 Å². The molecule has 1 amide bonds. The Hall–Kier alpha value is -2.99. The van der Waals surface area contributed by atoms with Gasteiger partial charge in [-0.25, -0.2) is 9.18 Å². The highest BCUT2D eigenvalue weighted by molar-refractivity contribution is 6.34. The summed E-state index contributed by atoms with van der Waals surface area (Å²) in [5.74, 6) is -1.96.